The molecule has 1 aromatic rings. The quantitative estimate of drug-likeness (QED) is 0.491. The van der Waals surface area contributed by atoms with Gasteiger partial charge >= 0.3 is 5.97 Å². The molecule has 0 aliphatic rings. The highest BCUT2D eigenvalue weighted by Gasteiger charge is 2.28. The van der Waals surface area contributed by atoms with Gasteiger partial charge in [-0.15, -0.1) is 0 Å². The molecule has 1 rings (SSSR count). The van der Waals surface area contributed by atoms with E-state index in [2.05, 4.69) is 10.6 Å². The Morgan fingerprint density at radius 3 is 2.24 bits per heavy atom. The molecule has 136 valence electrons. The highest BCUT2D eigenvalue weighted by Crippen LogP contribution is 2.22. The Labute approximate surface area is 148 Å². The third-order valence-corrected chi connectivity index (χ3v) is 3.69. The predicted octanol–water partition coefficient (Wildman–Crippen LogP) is 1.59. The van der Waals surface area contributed by atoms with Crippen LogP contribution in [-0.2, 0) is 9.59 Å². The van der Waals surface area contributed by atoms with Crippen molar-refractivity contribution in [2.24, 2.45) is 5.92 Å². The van der Waals surface area contributed by atoms with E-state index >= 15 is 0 Å². The standard InChI is InChI=1S/C15H18ClN3O6/c1-7(2)12(14(21)17-8(3)15(22)23)18-13(20)10-5-4-9(19(24)25)6-11(10)16/h4-8,12H,1-3H3,(H,17,21)(H,18,20)(H,22,23)/t8-,12?/m1/s1. The van der Waals surface area contributed by atoms with E-state index in [4.69, 9.17) is 16.7 Å². The maximum absolute atomic E-state index is 12.3. The topological polar surface area (TPSA) is 139 Å². The van der Waals surface area contributed by atoms with Crippen LogP contribution in [0.3, 0.4) is 0 Å². The fourth-order valence-corrected chi connectivity index (χ4v) is 2.18. The van der Waals surface area contributed by atoms with Crippen molar-refractivity contribution in [2.75, 3.05) is 0 Å². The van der Waals surface area contributed by atoms with Gasteiger partial charge < -0.3 is 15.7 Å². The van der Waals surface area contributed by atoms with Gasteiger partial charge in [-0.3, -0.25) is 24.5 Å². The summed E-state index contributed by atoms with van der Waals surface area (Å²) in [6, 6.07) is 1.23. The molecule has 0 aliphatic heterocycles. The molecule has 0 heterocycles. The molecule has 10 heteroatoms. The van der Waals surface area contributed by atoms with Gasteiger partial charge in [0.15, 0.2) is 0 Å². The molecule has 0 aromatic heterocycles. The van der Waals surface area contributed by atoms with E-state index in [9.17, 15) is 24.5 Å². The van der Waals surface area contributed by atoms with Crippen molar-refractivity contribution in [1.82, 2.24) is 10.6 Å². The first kappa shape index (κ1) is 20.4. The first-order chi connectivity index (χ1) is 11.5. The number of amides is 2. The fraction of sp³-hybridized carbons (Fsp3) is 0.400. The minimum absolute atomic E-state index is 0.0306. The maximum atomic E-state index is 12.3. The van der Waals surface area contributed by atoms with E-state index in [1.165, 1.54) is 13.0 Å². The normalized spacial score (nSPS) is 13.0. The van der Waals surface area contributed by atoms with Crippen LogP contribution in [0.15, 0.2) is 18.2 Å². The molecule has 3 N–H and O–H groups in total. The van der Waals surface area contributed by atoms with Gasteiger partial charge in [0.25, 0.3) is 11.6 Å². The van der Waals surface area contributed by atoms with E-state index in [0.29, 0.717) is 0 Å². The van der Waals surface area contributed by atoms with Crippen LogP contribution in [-0.4, -0.2) is 39.9 Å². The summed E-state index contributed by atoms with van der Waals surface area (Å²) < 4.78 is 0. The Morgan fingerprint density at radius 2 is 1.80 bits per heavy atom. The van der Waals surface area contributed by atoms with Crippen molar-refractivity contribution in [2.45, 2.75) is 32.9 Å². The lowest BCUT2D eigenvalue weighted by Gasteiger charge is -2.23. The predicted molar refractivity (Wildman–Crippen MR) is 89.4 cm³/mol. The Bertz CT molecular complexity index is 707. The van der Waals surface area contributed by atoms with Crippen molar-refractivity contribution in [3.05, 3.63) is 38.9 Å². The number of hydrogen-bond donors (Lipinski definition) is 3. The molecule has 0 fully saturated rings. The molecule has 0 radical (unpaired) electrons. The number of carboxylic acids is 1. The molecule has 9 nitrogen and oxygen atoms in total. The fourth-order valence-electron chi connectivity index (χ4n) is 1.92. The second-order valence-electron chi connectivity index (χ2n) is 5.68. The average Bonchev–Trinajstić information content (AvgIpc) is 2.51. The number of nitrogens with one attached hydrogen (secondary N) is 2. The number of non-ortho nitro benzene ring substituents is 1. The van der Waals surface area contributed by atoms with Crippen molar-refractivity contribution >= 4 is 35.1 Å². The number of nitrogens with zero attached hydrogens (tertiary/aromatic N) is 1. The molecule has 1 aromatic carbocycles. The SMILES string of the molecule is CC(C)C(NC(=O)c1ccc([N+](=O)[O-])cc1Cl)C(=O)N[C@H](C)C(=O)O. The van der Waals surface area contributed by atoms with E-state index in [1.807, 2.05) is 0 Å². The molecule has 0 spiro atoms. The Balaban J connectivity index is 2.95. The summed E-state index contributed by atoms with van der Waals surface area (Å²) >= 11 is 5.89. The summed E-state index contributed by atoms with van der Waals surface area (Å²) in [5.74, 6) is -2.89. The van der Waals surface area contributed by atoms with Crippen molar-refractivity contribution in [3.8, 4) is 0 Å². The lowest BCUT2D eigenvalue weighted by atomic mass is 10.0. The molecule has 25 heavy (non-hydrogen) atoms. The molecule has 1 unspecified atom stereocenters. The van der Waals surface area contributed by atoms with E-state index < -0.39 is 34.8 Å². The van der Waals surface area contributed by atoms with Crippen LogP contribution >= 0.6 is 11.6 Å². The Kier molecular flexibility index (Phi) is 6.86. The first-order valence-corrected chi connectivity index (χ1v) is 7.70. The van der Waals surface area contributed by atoms with Gasteiger partial charge in [-0.1, -0.05) is 25.4 Å². The van der Waals surface area contributed by atoms with Crippen molar-refractivity contribution < 1.29 is 24.4 Å². The summed E-state index contributed by atoms with van der Waals surface area (Å²) in [7, 11) is 0. The van der Waals surface area contributed by atoms with Gasteiger partial charge in [-0.2, -0.15) is 0 Å². The highest BCUT2D eigenvalue weighted by atomic mass is 35.5. The van der Waals surface area contributed by atoms with Crippen LogP contribution in [0.2, 0.25) is 5.02 Å². The minimum Gasteiger partial charge on any atom is -0.480 e. The zero-order valence-electron chi connectivity index (χ0n) is 13.8. The lowest BCUT2D eigenvalue weighted by Crippen LogP contribution is -2.53. The van der Waals surface area contributed by atoms with Crippen molar-refractivity contribution in [3.63, 3.8) is 0 Å². The molecule has 0 saturated carbocycles. The number of hydrogen-bond acceptors (Lipinski definition) is 5. The number of carbonyl (C=O) groups excluding carboxylic acids is 2. The number of rotatable bonds is 7. The zero-order valence-corrected chi connectivity index (χ0v) is 14.5. The molecule has 0 bridgehead atoms. The van der Waals surface area contributed by atoms with Crippen LogP contribution in [0.5, 0.6) is 0 Å². The number of halogens is 1. The maximum Gasteiger partial charge on any atom is 0.325 e. The Hall–Kier alpha value is -2.68. The van der Waals surface area contributed by atoms with Gasteiger partial charge in [0, 0.05) is 12.1 Å². The van der Waals surface area contributed by atoms with Crippen LogP contribution < -0.4 is 10.6 Å². The number of nitro benzene ring substituents is 1. The van der Waals surface area contributed by atoms with Gasteiger partial charge in [0.1, 0.15) is 12.1 Å². The summed E-state index contributed by atoms with van der Waals surface area (Å²) in [6.45, 7) is 4.65. The van der Waals surface area contributed by atoms with Gasteiger partial charge in [0.2, 0.25) is 5.91 Å². The van der Waals surface area contributed by atoms with Gasteiger partial charge in [0.05, 0.1) is 15.5 Å². The van der Waals surface area contributed by atoms with E-state index in [1.54, 1.807) is 13.8 Å². The summed E-state index contributed by atoms with van der Waals surface area (Å²) in [5.41, 5.74) is -0.299. The Morgan fingerprint density at radius 1 is 1.20 bits per heavy atom. The molecule has 2 amide bonds. The third-order valence-electron chi connectivity index (χ3n) is 3.37. The highest BCUT2D eigenvalue weighted by molar-refractivity contribution is 6.34. The van der Waals surface area contributed by atoms with Gasteiger partial charge in [-0.25, -0.2) is 0 Å². The smallest absolute Gasteiger partial charge is 0.325 e. The van der Waals surface area contributed by atoms with Crippen LogP contribution in [0, 0.1) is 16.0 Å². The van der Waals surface area contributed by atoms with Crippen LogP contribution in [0.25, 0.3) is 0 Å². The van der Waals surface area contributed by atoms with Gasteiger partial charge in [-0.05, 0) is 18.9 Å². The second kappa shape index (κ2) is 8.43. The molecular weight excluding hydrogens is 354 g/mol. The molecular formula is C15H18ClN3O6. The number of benzene rings is 1. The molecule has 0 aliphatic carbocycles. The van der Waals surface area contributed by atoms with E-state index in [0.717, 1.165) is 12.1 Å². The van der Waals surface area contributed by atoms with Crippen LogP contribution in [0.4, 0.5) is 5.69 Å². The second-order valence-corrected chi connectivity index (χ2v) is 6.09. The number of carboxylic acid groups (broad SMARTS) is 1. The number of aliphatic carboxylic acids is 1. The zero-order chi connectivity index (χ0) is 19.3. The number of nitro groups is 1. The summed E-state index contributed by atoms with van der Waals surface area (Å²) in [5, 5.41) is 24.2. The molecule has 0 saturated heterocycles. The van der Waals surface area contributed by atoms with Crippen LogP contribution in [0.1, 0.15) is 31.1 Å². The summed E-state index contributed by atoms with van der Waals surface area (Å²) in [4.78, 5) is 45.4. The van der Waals surface area contributed by atoms with E-state index in [-0.39, 0.29) is 22.2 Å². The monoisotopic (exact) mass is 371 g/mol. The average molecular weight is 372 g/mol. The third kappa shape index (κ3) is 5.42. The summed E-state index contributed by atoms with van der Waals surface area (Å²) in [6.07, 6.45) is 0. The largest absolute Gasteiger partial charge is 0.480 e. The molecule has 2 atom stereocenters. The van der Waals surface area contributed by atoms with Crippen molar-refractivity contribution in [1.29, 1.82) is 0 Å². The first-order valence-electron chi connectivity index (χ1n) is 7.32. The minimum atomic E-state index is -1.21. The lowest BCUT2D eigenvalue weighted by molar-refractivity contribution is -0.384. The number of carbonyl (C=O) groups is 3.